The van der Waals surface area contributed by atoms with E-state index in [1.807, 2.05) is 87.8 Å². The van der Waals surface area contributed by atoms with Crippen LogP contribution in [0.25, 0.3) is 16.1 Å². The number of para-hydroxylation sites is 1. The largest absolute Gasteiger partial charge is 0.507 e. The maximum Gasteiger partial charge on any atom is 0.246 e. The van der Waals surface area contributed by atoms with E-state index in [1.54, 1.807) is 41.7 Å². The van der Waals surface area contributed by atoms with E-state index in [1.165, 1.54) is 4.90 Å². The summed E-state index contributed by atoms with van der Waals surface area (Å²) in [5.41, 5.74) is 18.0. The van der Waals surface area contributed by atoms with Crippen molar-refractivity contribution in [2.75, 3.05) is 13.2 Å². The number of nitrogens with one attached hydrogen (secondary N) is 5. The number of nitrogens with two attached hydrogens (primary N) is 1. The van der Waals surface area contributed by atoms with Crippen LogP contribution in [0.4, 0.5) is 0 Å². The van der Waals surface area contributed by atoms with E-state index in [9.17, 15) is 29.4 Å². The fourth-order valence-corrected chi connectivity index (χ4v) is 8.33. The topological polar surface area (TPSA) is 220 Å². The normalized spacial score (nSPS) is 17.2. The molecule has 2 aliphatic heterocycles. The summed E-state index contributed by atoms with van der Waals surface area (Å²) in [7, 11) is 0. The van der Waals surface area contributed by atoms with Gasteiger partial charge in [-0.2, -0.15) is 0 Å². The predicted molar refractivity (Wildman–Crippen MR) is 242 cm³/mol. The second-order valence-corrected chi connectivity index (χ2v) is 17.8. The lowest BCUT2D eigenvalue weighted by molar-refractivity contribution is -0.144. The first-order valence-electron chi connectivity index (χ1n) is 21.2. The van der Waals surface area contributed by atoms with E-state index in [-0.39, 0.29) is 68.3 Å². The Morgan fingerprint density at radius 3 is 2.29 bits per heavy atom. The van der Waals surface area contributed by atoms with E-state index < -0.39 is 35.6 Å². The summed E-state index contributed by atoms with van der Waals surface area (Å²) in [4.78, 5) is 60.8. The zero-order valence-electron chi connectivity index (χ0n) is 36.1. The first kappa shape index (κ1) is 46.1. The van der Waals surface area contributed by atoms with Crippen molar-refractivity contribution in [3.05, 3.63) is 124 Å². The monoisotopic (exact) mass is 878 g/mol. The molecule has 9 N–H and O–H groups in total. The Balaban J connectivity index is 0.964. The van der Waals surface area contributed by atoms with Gasteiger partial charge in [-0.05, 0) is 54.0 Å². The molecule has 4 atom stereocenters. The van der Waals surface area contributed by atoms with Gasteiger partial charge < -0.3 is 41.5 Å². The Morgan fingerprint density at radius 1 is 0.937 bits per heavy atom. The Labute approximate surface area is 372 Å². The molecule has 4 aromatic rings. The molecule has 3 heterocycles. The minimum atomic E-state index is -0.935. The highest BCUT2D eigenvalue weighted by Gasteiger charge is 2.44. The third kappa shape index (κ3) is 12.4. The zero-order chi connectivity index (χ0) is 45.1. The summed E-state index contributed by atoms with van der Waals surface area (Å²) in [5, 5.41) is 29.8. The average Bonchev–Trinajstić information content (AvgIpc) is 3.88. The molecule has 1 aromatic heterocycles. The number of aliphatic hydroxyl groups excluding tert-OH is 1. The van der Waals surface area contributed by atoms with Gasteiger partial charge >= 0.3 is 0 Å². The third-order valence-electron chi connectivity index (χ3n) is 11.0. The number of β-amino-alcohol motifs (C(OH)–C–C–N with tert-alkyl or cyclic N) is 1. The van der Waals surface area contributed by atoms with Gasteiger partial charge in [0.05, 0.1) is 33.9 Å². The number of benzene rings is 3. The first-order chi connectivity index (χ1) is 30.2. The average molecular weight is 879 g/mol. The molecular weight excluding hydrogens is 821 g/mol. The number of hydrogen-bond donors (Lipinski definition) is 8. The number of amides is 4. The van der Waals surface area contributed by atoms with Crippen molar-refractivity contribution in [2.45, 2.75) is 97.0 Å². The van der Waals surface area contributed by atoms with Crippen LogP contribution in [0.3, 0.4) is 0 Å². The van der Waals surface area contributed by atoms with E-state index >= 15 is 0 Å². The molecule has 0 bridgehead atoms. The number of aromatic hydroxyl groups is 1. The van der Waals surface area contributed by atoms with Crippen molar-refractivity contribution < 1.29 is 34.1 Å². The highest BCUT2D eigenvalue weighted by atomic mass is 32.1. The Hall–Kier alpha value is -6.39. The number of phenols is 1. The predicted octanol–water partition coefficient (Wildman–Crippen LogP) is 5.03. The molecule has 6 rings (SSSR count). The Morgan fingerprint density at radius 2 is 1.62 bits per heavy atom. The van der Waals surface area contributed by atoms with Gasteiger partial charge in [-0.15, -0.1) is 11.3 Å². The molecule has 2 aliphatic rings. The van der Waals surface area contributed by atoms with Crippen LogP contribution >= 0.6 is 11.3 Å². The highest BCUT2D eigenvalue weighted by Crippen LogP contribution is 2.30. The van der Waals surface area contributed by atoms with Gasteiger partial charge in [0.1, 0.15) is 24.4 Å². The van der Waals surface area contributed by atoms with Crippen LogP contribution in [-0.2, 0) is 30.5 Å². The maximum atomic E-state index is 14.1. The molecule has 1 saturated heterocycles. The van der Waals surface area contributed by atoms with Crippen LogP contribution in [-0.4, -0.2) is 75.1 Å². The lowest BCUT2D eigenvalue weighted by Crippen LogP contribution is -2.57. The number of thiazole rings is 1. The molecule has 3 aromatic carbocycles. The van der Waals surface area contributed by atoms with Crippen molar-refractivity contribution in [1.82, 2.24) is 36.7 Å². The van der Waals surface area contributed by atoms with Gasteiger partial charge in [-0.25, -0.2) is 4.98 Å². The van der Waals surface area contributed by atoms with E-state index in [2.05, 4.69) is 31.8 Å². The number of hydrazine groups is 1. The number of rotatable bonds is 18. The van der Waals surface area contributed by atoms with Crippen LogP contribution in [0.15, 0.2) is 102 Å². The number of carbonyl (C=O) groups is 4. The van der Waals surface area contributed by atoms with Crippen molar-refractivity contribution in [1.29, 1.82) is 0 Å². The number of phenolic OH excluding ortho intramolecular Hbond substituents is 1. The van der Waals surface area contributed by atoms with Crippen LogP contribution in [0, 0.1) is 12.3 Å². The Bertz CT molecular complexity index is 2290. The van der Waals surface area contributed by atoms with Crippen LogP contribution in [0.2, 0.25) is 0 Å². The fourth-order valence-electron chi connectivity index (χ4n) is 7.51. The minimum absolute atomic E-state index is 0.0141. The maximum absolute atomic E-state index is 14.1. The number of likely N-dealkylation sites (tertiary alicyclic amines) is 1. The van der Waals surface area contributed by atoms with E-state index in [4.69, 9.17) is 10.5 Å². The molecule has 4 amide bonds. The number of aromatic nitrogens is 1. The van der Waals surface area contributed by atoms with Gasteiger partial charge in [0.15, 0.2) is 11.6 Å². The van der Waals surface area contributed by atoms with Crippen molar-refractivity contribution in [2.24, 2.45) is 11.1 Å². The number of aryl methyl sites for hydroxylation is 1. The summed E-state index contributed by atoms with van der Waals surface area (Å²) in [6, 6.07) is 21.9. The molecule has 0 aliphatic carbocycles. The molecule has 63 heavy (non-hydrogen) atoms. The molecule has 0 radical (unpaired) electrons. The van der Waals surface area contributed by atoms with Gasteiger partial charge in [-0.3, -0.25) is 30.0 Å². The second-order valence-electron chi connectivity index (χ2n) is 16.9. The smallest absolute Gasteiger partial charge is 0.246 e. The third-order valence-corrected chi connectivity index (χ3v) is 12.0. The number of hydrogen-bond acceptors (Lipinski definition) is 12. The summed E-state index contributed by atoms with van der Waals surface area (Å²) in [6.07, 6.45) is 2.89. The molecule has 334 valence electrons. The van der Waals surface area contributed by atoms with Crippen molar-refractivity contribution >= 4 is 40.7 Å². The van der Waals surface area contributed by atoms with Gasteiger partial charge in [0, 0.05) is 44.0 Å². The molecule has 1 fully saturated rings. The molecular formula is C47H58N8O7S. The van der Waals surface area contributed by atoms with E-state index in [0.29, 0.717) is 36.3 Å². The quantitative estimate of drug-likeness (QED) is 0.0620. The fraction of sp³-hybridized carbons (Fsp3) is 0.383. The number of aliphatic hydroxyl groups is 1. The van der Waals surface area contributed by atoms with Gasteiger partial charge in [0.25, 0.3) is 0 Å². The lowest BCUT2D eigenvalue weighted by Gasteiger charge is -2.35. The molecule has 0 spiro atoms. The molecule has 1 unspecified atom stereocenters. The van der Waals surface area contributed by atoms with Crippen LogP contribution in [0.5, 0.6) is 5.75 Å². The SMILES string of the molecule is Cc1ncsc1-c1ccc(CNC(=O)[C@@H]2C[C@@H](O)CN2C(=O)[C@@H](NC(=O)CCCCCC(=O)NC(COC2=C(N)NNC(c3ccccc3O)=C2)c2ccccc2)C(C)(C)C)cc1. The summed E-state index contributed by atoms with van der Waals surface area (Å²) in [5.74, 6) is -0.614. The number of ether oxygens (including phenoxy) is 1. The van der Waals surface area contributed by atoms with Gasteiger partial charge in [0.2, 0.25) is 23.6 Å². The molecule has 0 saturated carbocycles. The zero-order valence-corrected chi connectivity index (χ0v) is 37.0. The summed E-state index contributed by atoms with van der Waals surface area (Å²) >= 11 is 1.57. The standard InChI is InChI=1S/C47H58N8O7S/c1-29-42(63-28-50-29)32-21-19-30(20-22-32)25-49-45(60)37-23-33(56)26-55(37)46(61)43(47(2,3)4)52-41(59)18-10-6-9-17-40(58)51-36(31-13-7-5-8-14-31)27-62-39-24-35(53-54-44(39)48)34-15-11-12-16-38(34)57/h5,7-8,11-16,19-22,24,28,33,36-37,43,53-54,56-57H,6,9-10,17-18,23,25-27,48H2,1-4H3,(H,49,60)(H,51,58)(H,52,59)/t33-,36?,37+,43-/m1/s1. The number of allylic oxidation sites excluding steroid dienone is 1. The van der Waals surface area contributed by atoms with Crippen molar-refractivity contribution in [3.8, 4) is 16.2 Å². The van der Waals surface area contributed by atoms with Gasteiger partial charge in [-0.1, -0.05) is 93.9 Å². The number of unbranched alkanes of at least 4 members (excludes halogenated alkanes) is 2. The van der Waals surface area contributed by atoms with Crippen LogP contribution in [0.1, 0.15) is 87.7 Å². The Kier molecular flexibility index (Phi) is 15.5. The van der Waals surface area contributed by atoms with E-state index in [0.717, 1.165) is 27.3 Å². The highest BCUT2D eigenvalue weighted by molar-refractivity contribution is 7.13. The first-order valence-corrected chi connectivity index (χ1v) is 22.1. The summed E-state index contributed by atoms with van der Waals surface area (Å²) in [6.45, 7) is 7.83. The summed E-state index contributed by atoms with van der Waals surface area (Å²) < 4.78 is 6.12. The molecule has 16 heteroatoms. The van der Waals surface area contributed by atoms with Crippen molar-refractivity contribution in [3.63, 3.8) is 0 Å². The second kappa shape index (κ2) is 21.1. The lowest BCUT2D eigenvalue weighted by atomic mass is 9.85. The molecule has 15 nitrogen and oxygen atoms in total. The minimum Gasteiger partial charge on any atom is -0.507 e. The van der Waals surface area contributed by atoms with Crippen LogP contribution < -0.4 is 32.5 Å². The number of carbonyl (C=O) groups excluding carboxylic acids is 4. The number of nitrogens with zero attached hydrogens (tertiary/aromatic N) is 2.